The zero-order chi connectivity index (χ0) is 15.8. The molecule has 0 fully saturated rings. The minimum absolute atomic E-state index is 0.289. The van der Waals surface area contributed by atoms with E-state index in [0.29, 0.717) is 16.8 Å². The fraction of sp³-hybridized carbons (Fsp3) is 0.0625. The molecule has 0 saturated heterocycles. The van der Waals surface area contributed by atoms with Crippen LogP contribution in [-0.2, 0) is 9.63 Å². The van der Waals surface area contributed by atoms with Crippen molar-refractivity contribution < 1.29 is 14.0 Å². The molecule has 22 heavy (non-hydrogen) atoms. The van der Waals surface area contributed by atoms with E-state index in [2.05, 4.69) is 10.5 Å². The van der Waals surface area contributed by atoms with Crippen molar-refractivity contribution in [2.24, 2.45) is 5.16 Å². The van der Waals surface area contributed by atoms with E-state index in [9.17, 15) is 9.18 Å². The van der Waals surface area contributed by atoms with Gasteiger partial charge in [-0.2, -0.15) is 5.26 Å². The molecule has 2 rings (SSSR count). The number of carbonyl (C=O) groups is 1. The Labute approximate surface area is 126 Å². The topological polar surface area (TPSA) is 74.5 Å². The number of carbonyl (C=O) groups excluding carboxylic acids is 1. The van der Waals surface area contributed by atoms with Gasteiger partial charge in [-0.1, -0.05) is 23.4 Å². The lowest BCUT2D eigenvalue weighted by molar-refractivity contribution is -0.120. The molecule has 0 radical (unpaired) electrons. The van der Waals surface area contributed by atoms with E-state index in [0.717, 1.165) is 0 Å². The number of benzene rings is 2. The van der Waals surface area contributed by atoms with Crippen molar-refractivity contribution in [3.8, 4) is 6.07 Å². The SMILES string of the molecule is N#Cc1cccc(NC(=O)CO/N=C\c2cccc(F)c2)c1. The van der Waals surface area contributed by atoms with Crippen LogP contribution in [0.25, 0.3) is 0 Å². The van der Waals surface area contributed by atoms with Crippen LogP contribution in [0.3, 0.4) is 0 Å². The summed E-state index contributed by atoms with van der Waals surface area (Å²) in [6.07, 6.45) is 1.31. The Morgan fingerprint density at radius 2 is 2.14 bits per heavy atom. The van der Waals surface area contributed by atoms with E-state index in [1.54, 1.807) is 36.4 Å². The highest BCUT2D eigenvalue weighted by atomic mass is 19.1. The van der Waals surface area contributed by atoms with Gasteiger partial charge in [0.1, 0.15) is 5.82 Å². The Morgan fingerprint density at radius 3 is 2.91 bits per heavy atom. The van der Waals surface area contributed by atoms with Crippen LogP contribution in [0, 0.1) is 17.1 Å². The summed E-state index contributed by atoms with van der Waals surface area (Å²) < 4.78 is 12.9. The standard InChI is InChI=1S/C16H12FN3O2/c17-14-5-1-4-13(7-14)10-19-22-11-16(21)20-15-6-2-3-12(8-15)9-18/h1-8,10H,11H2,(H,20,21)/b19-10-. The molecule has 6 heteroatoms. The zero-order valence-electron chi connectivity index (χ0n) is 11.5. The molecule has 0 aliphatic heterocycles. The lowest BCUT2D eigenvalue weighted by Gasteiger charge is -2.04. The summed E-state index contributed by atoms with van der Waals surface area (Å²) >= 11 is 0. The van der Waals surface area contributed by atoms with Crippen LogP contribution in [0.4, 0.5) is 10.1 Å². The Bertz CT molecular complexity index is 738. The van der Waals surface area contributed by atoms with E-state index in [-0.39, 0.29) is 12.4 Å². The average molecular weight is 297 g/mol. The highest BCUT2D eigenvalue weighted by Crippen LogP contribution is 2.09. The van der Waals surface area contributed by atoms with Gasteiger partial charge in [-0.15, -0.1) is 0 Å². The fourth-order valence-electron chi connectivity index (χ4n) is 1.64. The third-order valence-corrected chi connectivity index (χ3v) is 2.60. The minimum Gasteiger partial charge on any atom is -0.386 e. The van der Waals surface area contributed by atoms with Crippen LogP contribution >= 0.6 is 0 Å². The molecule has 110 valence electrons. The second kappa shape index (κ2) is 7.55. The maximum atomic E-state index is 12.9. The summed E-state index contributed by atoms with van der Waals surface area (Å²) in [5.41, 5.74) is 1.48. The first kappa shape index (κ1) is 15.2. The van der Waals surface area contributed by atoms with Crippen LogP contribution in [0.1, 0.15) is 11.1 Å². The number of rotatable bonds is 5. The van der Waals surface area contributed by atoms with Crippen molar-refractivity contribution >= 4 is 17.8 Å². The van der Waals surface area contributed by atoms with Crippen LogP contribution < -0.4 is 5.32 Å². The summed E-state index contributed by atoms with van der Waals surface area (Å²) in [5, 5.41) is 14.9. The van der Waals surface area contributed by atoms with Gasteiger partial charge in [0.2, 0.25) is 0 Å². The minimum atomic E-state index is -0.411. The van der Waals surface area contributed by atoms with Gasteiger partial charge in [-0.05, 0) is 35.9 Å². The van der Waals surface area contributed by atoms with E-state index in [4.69, 9.17) is 10.1 Å². The largest absolute Gasteiger partial charge is 0.386 e. The van der Waals surface area contributed by atoms with E-state index >= 15 is 0 Å². The van der Waals surface area contributed by atoms with Crippen molar-refractivity contribution in [2.45, 2.75) is 0 Å². The number of nitriles is 1. The molecular formula is C16H12FN3O2. The molecule has 0 spiro atoms. The van der Waals surface area contributed by atoms with Crippen LogP contribution in [-0.4, -0.2) is 18.7 Å². The Kier molecular flexibility index (Phi) is 5.21. The third kappa shape index (κ3) is 4.72. The Morgan fingerprint density at radius 1 is 1.32 bits per heavy atom. The molecule has 0 aliphatic rings. The summed E-state index contributed by atoms with van der Waals surface area (Å²) in [5.74, 6) is -0.787. The first-order valence-electron chi connectivity index (χ1n) is 6.38. The van der Waals surface area contributed by atoms with Gasteiger partial charge in [0, 0.05) is 5.69 Å². The maximum Gasteiger partial charge on any atom is 0.265 e. The zero-order valence-corrected chi connectivity index (χ0v) is 11.5. The van der Waals surface area contributed by atoms with Gasteiger partial charge >= 0.3 is 0 Å². The van der Waals surface area contributed by atoms with Gasteiger partial charge in [-0.3, -0.25) is 4.79 Å². The van der Waals surface area contributed by atoms with E-state index < -0.39 is 5.91 Å². The molecule has 2 aromatic carbocycles. The number of anilines is 1. The molecule has 1 N–H and O–H groups in total. The van der Waals surface area contributed by atoms with Crippen molar-refractivity contribution in [1.29, 1.82) is 5.26 Å². The summed E-state index contributed by atoms with van der Waals surface area (Å²) in [6, 6.07) is 14.3. The summed E-state index contributed by atoms with van der Waals surface area (Å²) in [4.78, 5) is 16.5. The smallest absolute Gasteiger partial charge is 0.265 e. The monoisotopic (exact) mass is 297 g/mol. The molecule has 0 bridgehead atoms. The highest BCUT2D eigenvalue weighted by molar-refractivity contribution is 5.91. The fourth-order valence-corrected chi connectivity index (χ4v) is 1.64. The molecule has 1 amide bonds. The van der Waals surface area contributed by atoms with Gasteiger partial charge < -0.3 is 10.2 Å². The van der Waals surface area contributed by atoms with Crippen LogP contribution in [0.5, 0.6) is 0 Å². The number of amides is 1. The molecule has 5 nitrogen and oxygen atoms in total. The number of halogens is 1. The molecule has 0 heterocycles. The maximum absolute atomic E-state index is 12.9. The molecule has 0 saturated carbocycles. The second-order valence-corrected chi connectivity index (χ2v) is 4.30. The lowest BCUT2D eigenvalue weighted by Crippen LogP contribution is -2.17. The normalized spacial score (nSPS) is 10.2. The highest BCUT2D eigenvalue weighted by Gasteiger charge is 2.03. The quantitative estimate of drug-likeness (QED) is 0.681. The van der Waals surface area contributed by atoms with Crippen molar-refractivity contribution in [3.63, 3.8) is 0 Å². The molecule has 0 aromatic heterocycles. The third-order valence-electron chi connectivity index (χ3n) is 2.60. The van der Waals surface area contributed by atoms with Gasteiger partial charge in [0.15, 0.2) is 6.61 Å². The van der Waals surface area contributed by atoms with Gasteiger partial charge in [0.05, 0.1) is 17.8 Å². The molecule has 2 aromatic rings. The number of oxime groups is 1. The second-order valence-electron chi connectivity index (χ2n) is 4.30. The average Bonchev–Trinajstić information content (AvgIpc) is 2.52. The van der Waals surface area contributed by atoms with Crippen molar-refractivity contribution in [2.75, 3.05) is 11.9 Å². The first-order valence-corrected chi connectivity index (χ1v) is 6.38. The molecular weight excluding hydrogens is 285 g/mol. The number of hydrogen-bond donors (Lipinski definition) is 1. The van der Waals surface area contributed by atoms with Crippen molar-refractivity contribution in [3.05, 3.63) is 65.5 Å². The summed E-state index contributed by atoms with van der Waals surface area (Å²) in [6.45, 7) is -0.289. The van der Waals surface area contributed by atoms with E-state index in [1.165, 1.54) is 18.3 Å². The first-order chi connectivity index (χ1) is 10.7. The van der Waals surface area contributed by atoms with Crippen LogP contribution in [0.15, 0.2) is 53.7 Å². The lowest BCUT2D eigenvalue weighted by atomic mass is 10.2. The van der Waals surface area contributed by atoms with Gasteiger partial charge in [-0.25, -0.2) is 4.39 Å². The van der Waals surface area contributed by atoms with E-state index in [1.807, 2.05) is 6.07 Å². The predicted octanol–water partition coefficient (Wildman–Crippen LogP) is 2.69. The molecule has 0 atom stereocenters. The van der Waals surface area contributed by atoms with Crippen molar-refractivity contribution in [1.82, 2.24) is 0 Å². The number of nitrogens with one attached hydrogen (secondary N) is 1. The summed E-state index contributed by atoms with van der Waals surface area (Å²) in [7, 11) is 0. The number of nitrogens with zero attached hydrogens (tertiary/aromatic N) is 2. The molecule has 0 unspecified atom stereocenters. The molecule has 0 aliphatic carbocycles. The van der Waals surface area contributed by atoms with Gasteiger partial charge in [0.25, 0.3) is 5.91 Å². The Hall–Kier alpha value is -3.20. The Balaban J connectivity index is 1.81. The number of hydrogen-bond acceptors (Lipinski definition) is 4. The van der Waals surface area contributed by atoms with Crippen LogP contribution in [0.2, 0.25) is 0 Å². The predicted molar refractivity (Wildman–Crippen MR) is 79.7 cm³/mol.